The Morgan fingerprint density at radius 3 is 2.11 bits per heavy atom. The minimum absolute atomic E-state index is 0.000734. The second-order valence-electron chi connectivity index (χ2n) is 17.0. The van der Waals surface area contributed by atoms with Gasteiger partial charge in [-0.15, -0.1) is 0 Å². The van der Waals surface area contributed by atoms with Crippen LogP contribution in [0.4, 0.5) is 9.59 Å². The van der Waals surface area contributed by atoms with E-state index in [2.05, 4.69) is 65.6 Å². The number of rotatable bonds is 7. The van der Waals surface area contributed by atoms with Crippen LogP contribution in [0.3, 0.4) is 0 Å². The highest BCUT2D eigenvalue weighted by molar-refractivity contribution is 6.03. The summed E-state index contributed by atoms with van der Waals surface area (Å²) in [5, 5.41) is 2.31. The molecule has 6 atom stereocenters. The molecule has 1 aromatic heterocycles. The lowest BCUT2D eigenvalue weighted by Crippen LogP contribution is -2.43. The number of aromatic amines is 1. The predicted octanol–water partition coefficient (Wildman–Crippen LogP) is 9.95. The standard InChI is InChI=1S/C46H45N5O4/c1-46(2,3)55-45(53)51-40-21-35(40)23-42(51)43-48-25-38(49-43)33-16-15-31-17-30(13-14-32(31)18-33)28-9-11-29(12-10-28)36-19-37(47-24-36)41-22-34-20-39(34)50(41)44(52)54-26-27-7-5-4-6-8-27/h4-18,24-25,34-35,39-42H,19-23,26H2,1-3H3,(H,48,49)/t34-,35-,39-,40-,41?,42+/m1/s1. The van der Waals surface area contributed by atoms with Crippen molar-refractivity contribution in [3.63, 3.8) is 0 Å². The summed E-state index contributed by atoms with van der Waals surface area (Å²) in [6.45, 7) is 6.01. The molecule has 1 unspecified atom stereocenters. The Labute approximate surface area is 321 Å². The van der Waals surface area contributed by atoms with Crippen molar-refractivity contribution in [2.24, 2.45) is 16.8 Å². The fourth-order valence-corrected chi connectivity index (χ4v) is 9.04. The van der Waals surface area contributed by atoms with Crippen molar-refractivity contribution in [1.82, 2.24) is 19.8 Å². The largest absolute Gasteiger partial charge is 0.445 e. The molecule has 0 bridgehead atoms. The van der Waals surface area contributed by atoms with E-state index in [0.29, 0.717) is 11.8 Å². The summed E-state index contributed by atoms with van der Waals surface area (Å²) in [7, 11) is 0. The number of ether oxygens (including phenoxy) is 2. The lowest BCUT2D eigenvalue weighted by molar-refractivity contribution is 0.0175. The molecular formula is C46H45N5O4. The smallest absolute Gasteiger partial charge is 0.411 e. The molecule has 10 rings (SSSR count). The lowest BCUT2D eigenvalue weighted by Gasteiger charge is -2.29. The van der Waals surface area contributed by atoms with Gasteiger partial charge in [0.2, 0.25) is 0 Å². The number of carbonyl (C=O) groups is 2. The molecule has 2 amide bonds. The van der Waals surface area contributed by atoms with Crippen molar-refractivity contribution in [2.75, 3.05) is 0 Å². The highest BCUT2D eigenvalue weighted by atomic mass is 16.6. The highest BCUT2D eigenvalue weighted by Gasteiger charge is 2.57. The third-order valence-electron chi connectivity index (χ3n) is 12.0. The number of benzene rings is 4. The quantitative estimate of drug-likeness (QED) is 0.180. The number of amides is 2. The Morgan fingerprint density at radius 1 is 0.745 bits per heavy atom. The van der Waals surface area contributed by atoms with E-state index in [0.717, 1.165) is 87.9 Å². The van der Waals surface area contributed by atoms with Crippen molar-refractivity contribution in [1.29, 1.82) is 0 Å². The van der Waals surface area contributed by atoms with E-state index in [4.69, 9.17) is 19.5 Å². The van der Waals surface area contributed by atoms with Gasteiger partial charge in [0.1, 0.15) is 18.0 Å². The molecule has 1 N–H and O–H groups in total. The number of nitrogens with one attached hydrogen (secondary N) is 1. The maximum atomic E-state index is 13.2. The highest BCUT2D eigenvalue weighted by Crippen LogP contribution is 2.54. The molecule has 9 nitrogen and oxygen atoms in total. The maximum Gasteiger partial charge on any atom is 0.411 e. The summed E-state index contributed by atoms with van der Waals surface area (Å²) < 4.78 is 11.5. The Morgan fingerprint density at radius 2 is 1.38 bits per heavy atom. The van der Waals surface area contributed by atoms with Crippen LogP contribution in [0.5, 0.6) is 0 Å². The molecule has 2 saturated carbocycles. The molecular weight excluding hydrogens is 687 g/mol. The first-order valence-corrected chi connectivity index (χ1v) is 19.6. The van der Waals surface area contributed by atoms with E-state index in [1.165, 1.54) is 5.57 Å². The number of allylic oxidation sites excluding steroid dienone is 1. The lowest BCUT2D eigenvalue weighted by atomic mass is 9.95. The van der Waals surface area contributed by atoms with Crippen molar-refractivity contribution in [2.45, 2.75) is 89.3 Å². The van der Waals surface area contributed by atoms with Crippen LogP contribution in [0.1, 0.15) is 75.9 Å². The third kappa shape index (κ3) is 6.49. The van der Waals surface area contributed by atoms with Crippen LogP contribution in [-0.2, 0) is 16.1 Å². The Balaban J connectivity index is 0.789. The fourth-order valence-electron chi connectivity index (χ4n) is 9.04. The summed E-state index contributed by atoms with van der Waals surface area (Å²) in [6.07, 6.45) is 8.10. The molecule has 0 radical (unpaired) electrons. The average Bonchev–Trinajstić information content (AvgIpc) is 3.77. The summed E-state index contributed by atoms with van der Waals surface area (Å²) in [6, 6.07) is 32.1. The number of hydrogen-bond acceptors (Lipinski definition) is 6. The number of carbonyl (C=O) groups excluding carboxylic acids is 2. The molecule has 0 spiro atoms. The number of H-pyrrole nitrogens is 1. The van der Waals surface area contributed by atoms with Crippen LogP contribution >= 0.6 is 0 Å². The fraction of sp³-hybridized carbons (Fsp3) is 0.348. The first-order valence-electron chi connectivity index (χ1n) is 19.6. The molecule has 5 aliphatic rings. The molecule has 4 heterocycles. The van der Waals surface area contributed by atoms with Crippen LogP contribution in [0, 0.1) is 11.8 Å². The van der Waals surface area contributed by atoms with Gasteiger partial charge in [-0.3, -0.25) is 14.8 Å². The number of fused-ring (bicyclic) bond motifs is 3. The van der Waals surface area contributed by atoms with E-state index >= 15 is 0 Å². The molecule has 5 aromatic rings. The monoisotopic (exact) mass is 731 g/mol. The number of hydrogen-bond donors (Lipinski definition) is 1. The van der Waals surface area contributed by atoms with Gasteiger partial charge in [-0.2, -0.15) is 0 Å². The zero-order chi connectivity index (χ0) is 37.4. The molecule has 55 heavy (non-hydrogen) atoms. The SMILES string of the molecule is CC(C)(C)OC(=O)N1[C@@H]2C[C@@H]2C[C@H]1c1ncc(-c2ccc3cc(-c4ccc(C5=CN=C(C6C[C@H]7C[C@H]7N6C(=O)OCc6ccccc6)C5)cc4)ccc3c2)[nH]1. The second kappa shape index (κ2) is 13.0. The maximum absolute atomic E-state index is 13.2. The molecule has 2 aliphatic carbocycles. The minimum Gasteiger partial charge on any atom is -0.445 e. The summed E-state index contributed by atoms with van der Waals surface area (Å²) >= 11 is 0. The molecule has 2 saturated heterocycles. The van der Waals surface area contributed by atoms with Gasteiger partial charge in [-0.1, -0.05) is 78.9 Å². The van der Waals surface area contributed by atoms with Crippen LogP contribution in [0.15, 0.2) is 108 Å². The number of piperidine rings is 2. The van der Waals surface area contributed by atoms with Gasteiger partial charge in [0.05, 0.1) is 24.0 Å². The topological polar surface area (TPSA) is 100 Å². The Kier molecular flexibility index (Phi) is 7.98. The van der Waals surface area contributed by atoms with Crippen LogP contribution in [0.2, 0.25) is 0 Å². The number of aliphatic imine (C=N–C) groups is 1. The predicted molar refractivity (Wildman–Crippen MR) is 213 cm³/mol. The van der Waals surface area contributed by atoms with E-state index in [9.17, 15) is 9.59 Å². The normalized spacial score (nSPS) is 25.0. The molecule has 3 aliphatic heterocycles. The molecule has 4 fully saturated rings. The van der Waals surface area contributed by atoms with Crippen LogP contribution < -0.4 is 0 Å². The molecule has 278 valence electrons. The summed E-state index contributed by atoms with van der Waals surface area (Å²) in [5.41, 5.74) is 8.15. The van der Waals surface area contributed by atoms with Gasteiger partial charge in [0.25, 0.3) is 0 Å². The number of imidazole rings is 1. The van der Waals surface area contributed by atoms with Crippen LogP contribution in [0.25, 0.3) is 38.7 Å². The summed E-state index contributed by atoms with van der Waals surface area (Å²) in [4.78, 5) is 43.3. The van der Waals surface area contributed by atoms with E-state index < -0.39 is 5.60 Å². The Hall–Kier alpha value is -5.70. The van der Waals surface area contributed by atoms with E-state index in [1.807, 2.05) is 73.3 Å². The zero-order valence-electron chi connectivity index (χ0n) is 31.4. The number of aromatic nitrogens is 2. The van der Waals surface area contributed by atoms with Crippen molar-refractivity contribution in [3.8, 4) is 22.4 Å². The van der Waals surface area contributed by atoms with Crippen molar-refractivity contribution >= 4 is 34.2 Å². The van der Waals surface area contributed by atoms with Crippen molar-refractivity contribution < 1.29 is 19.1 Å². The van der Waals surface area contributed by atoms with Gasteiger partial charge >= 0.3 is 12.2 Å². The second-order valence-corrected chi connectivity index (χ2v) is 17.0. The number of likely N-dealkylation sites (tertiary alicyclic amines) is 2. The van der Waals surface area contributed by atoms with Crippen LogP contribution in [-0.4, -0.2) is 61.4 Å². The van der Waals surface area contributed by atoms with Gasteiger partial charge in [0.15, 0.2) is 0 Å². The third-order valence-corrected chi connectivity index (χ3v) is 12.0. The average molecular weight is 732 g/mol. The Bertz CT molecular complexity index is 2370. The first-order chi connectivity index (χ1) is 26.6. The van der Waals surface area contributed by atoms with Gasteiger partial charge in [-0.25, -0.2) is 14.6 Å². The van der Waals surface area contributed by atoms with Gasteiger partial charge in [0, 0.05) is 36.0 Å². The minimum atomic E-state index is -0.535. The van der Waals surface area contributed by atoms with Gasteiger partial charge in [-0.05, 0) is 109 Å². The molecule has 9 heteroatoms. The zero-order valence-corrected chi connectivity index (χ0v) is 31.4. The van der Waals surface area contributed by atoms with Gasteiger partial charge < -0.3 is 14.5 Å². The number of nitrogens with zero attached hydrogens (tertiary/aromatic N) is 4. The van der Waals surface area contributed by atoms with Crippen molar-refractivity contribution in [3.05, 3.63) is 120 Å². The molecule has 4 aromatic carbocycles. The van der Waals surface area contributed by atoms with E-state index in [-0.39, 0.29) is 43.0 Å². The van der Waals surface area contributed by atoms with E-state index in [1.54, 1.807) is 0 Å². The summed E-state index contributed by atoms with van der Waals surface area (Å²) in [5.74, 6) is 1.90. The first kappa shape index (κ1) is 33.8.